The Morgan fingerprint density at radius 2 is 1.36 bits per heavy atom. The van der Waals surface area contributed by atoms with E-state index < -0.39 is 4.92 Å². The van der Waals surface area contributed by atoms with E-state index in [1.54, 1.807) is 19.1 Å². The first-order valence-electron chi connectivity index (χ1n) is 11.2. The van der Waals surface area contributed by atoms with Gasteiger partial charge in [-0.1, -0.05) is 65.8 Å². The highest BCUT2D eigenvalue weighted by molar-refractivity contribution is 6.03. The van der Waals surface area contributed by atoms with Gasteiger partial charge in [-0.15, -0.1) is 0 Å². The molecule has 4 aromatic carbocycles. The summed E-state index contributed by atoms with van der Waals surface area (Å²) in [5.74, 6) is 1.56. The van der Waals surface area contributed by atoms with Crippen molar-refractivity contribution in [3.8, 4) is 23.0 Å². The van der Waals surface area contributed by atoms with Crippen LogP contribution in [0, 0.1) is 10.1 Å². The van der Waals surface area contributed by atoms with Gasteiger partial charge in [0.2, 0.25) is 0 Å². The lowest BCUT2D eigenvalue weighted by molar-refractivity contribution is -0.384. The summed E-state index contributed by atoms with van der Waals surface area (Å²) in [5.41, 5.74) is 2.58. The molecule has 4 rings (SSSR count). The average molecular weight is 485 g/mol. The lowest BCUT2D eigenvalue weighted by Crippen LogP contribution is -2.06. The zero-order valence-electron chi connectivity index (χ0n) is 19.5. The standard InChI is InChI=1S/C28H24N2O6/c1-20(29-31)28-26(35-19-22-10-6-3-7-11-22)16-25(34-18-21-8-4-2-5-9-21)17-27(28)36-24-14-12-23(13-15-24)30(32)33/h2-17,31H,18-19H2,1H3. The molecule has 0 saturated heterocycles. The topological polar surface area (TPSA) is 103 Å². The van der Waals surface area contributed by atoms with E-state index in [0.29, 0.717) is 35.2 Å². The summed E-state index contributed by atoms with van der Waals surface area (Å²) in [4.78, 5) is 10.5. The Labute approximate surface area is 208 Å². The minimum Gasteiger partial charge on any atom is -0.489 e. The molecule has 4 aromatic rings. The molecule has 0 unspecified atom stereocenters. The van der Waals surface area contributed by atoms with Gasteiger partial charge in [-0.3, -0.25) is 10.1 Å². The van der Waals surface area contributed by atoms with E-state index in [2.05, 4.69) is 5.16 Å². The maximum absolute atomic E-state index is 11.0. The molecule has 0 saturated carbocycles. The van der Waals surface area contributed by atoms with Crippen LogP contribution in [0.3, 0.4) is 0 Å². The molecule has 36 heavy (non-hydrogen) atoms. The first-order valence-corrected chi connectivity index (χ1v) is 11.2. The van der Waals surface area contributed by atoms with Crippen molar-refractivity contribution in [3.63, 3.8) is 0 Å². The Hall–Kier alpha value is -4.85. The number of nitro groups is 1. The summed E-state index contributed by atoms with van der Waals surface area (Å²) in [6, 6.07) is 28.4. The summed E-state index contributed by atoms with van der Waals surface area (Å²) < 4.78 is 18.2. The van der Waals surface area contributed by atoms with E-state index >= 15 is 0 Å². The first-order chi connectivity index (χ1) is 17.5. The third kappa shape index (κ3) is 6.18. The fourth-order valence-electron chi connectivity index (χ4n) is 3.49. The van der Waals surface area contributed by atoms with Crippen molar-refractivity contribution in [1.82, 2.24) is 0 Å². The number of nitrogens with zero attached hydrogens (tertiary/aromatic N) is 2. The number of benzene rings is 4. The highest BCUT2D eigenvalue weighted by Gasteiger charge is 2.19. The Balaban J connectivity index is 1.71. The highest BCUT2D eigenvalue weighted by Crippen LogP contribution is 2.38. The summed E-state index contributed by atoms with van der Waals surface area (Å²) in [7, 11) is 0. The van der Waals surface area contributed by atoms with Crippen LogP contribution in [0.5, 0.6) is 23.0 Å². The molecule has 0 radical (unpaired) electrons. The third-order valence-corrected chi connectivity index (χ3v) is 5.31. The number of hydrogen-bond donors (Lipinski definition) is 1. The number of oxime groups is 1. The molecule has 0 heterocycles. The smallest absolute Gasteiger partial charge is 0.269 e. The van der Waals surface area contributed by atoms with Crippen molar-refractivity contribution in [2.45, 2.75) is 20.1 Å². The van der Waals surface area contributed by atoms with Gasteiger partial charge in [0.15, 0.2) is 0 Å². The molecule has 8 heteroatoms. The third-order valence-electron chi connectivity index (χ3n) is 5.31. The van der Waals surface area contributed by atoms with Crippen LogP contribution < -0.4 is 14.2 Å². The lowest BCUT2D eigenvalue weighted by Gasteiger charge is -2.18. The predicted octanol–water partition coefficient (Wildman–Crippen LogP) is 6.74. The quantitative estimate of drug-likeness (QED) is 0.116. The lowest BCUT2D eigenvalue weighted by atomic mass is 10.1. The van der Waals surface area contributed by atoms with E-state index in [-0.39, 0.29) is 18.0 Å². The largest absolute Gasteiger partial charge is 0.489 e. The molecule has 1 N–H and O–H groups in total. The van der Waals surface area contributed by atoms with E-state index in [1.807, 2.05) is 60.7 Å². The van der Waals surface area contributed by atoms with Crippen molar-refractivity contribution in [2.24, 2.45) is 5.16 Å². The fraction of sp³-hybridized carbons (Fsp3) is 0.107. The van der Waals surface area contributed by atoms with Crippen LogP contribution in [0.2, 0.25) is 0 Å². The van der Waals surface area contributed by atoms with Crippen molar-refractivity contribution in [2.75, 3.05) is 0 Å². The summed E-state index contributed by atoms with van der Waals surface area (Å²) in [6.45, 7) is 2.21. The number of ether oxygens (including phenoxy) is 3. The Bertz CT molecular complexity index is 1340. The maximum atomic E-state index is 11.0. The van der Waals surface area contributed by atoms with E-state index in [1.165, 1.54) is 24.3 Å². The number of rotatable bonds is 10. The van der Waals surface area contributed by atoms with Gasteiger partial charge in [-0.25, -0.2) is 0 Å². The summed E-state index contributed by atoms with van der Waals surface area (Å²) in [5, 5.41) is 23.9. The Morgan fingerprint density at radius 1 is 0.806 bits per heavy atom. The van der Waals surface area contributed by atoms with Gasteiger partial charge in [0, 0.05) is 24.3 Å². The fourth-order valence-corrected chi connectivity index (χ4v) is 3.49. The molecular weight excluding hydrogens is 460 g/mol. The second-order valence-electron chi connectivity index (χ2n) is 7.88. The molecule has 0 atom stereocenters. The number of nitro benzene ring substituents is 1. The van der Waals surface area contributed by atoms with Gasteiger partial charge < -0.3 is 19.4 Å². The normalized spacial score (nSPS) is 11.1. The second-order valence-corrected chi connectivity index (χ2v) is 7.88. The van der Waals surface area contributed by atoms with Gasteiger partial charge >= 0.3 is 0 Å². The van der Waals surface area contributed by atoms with Crippen LogP contribution in [0.1, 0.15) is 23.6 Å². The minimum absolute atomic E-state index is 0.0532. The predicted molar refractivity (Wildman–Crippen MR) is 135 cm³/mol. The number of hydrogen-bond acceptors (Lipinski definition) is 7. The zero-order chi connectivity index (χ0) is 25.3. The van der Waals surface area contributed by atoms with Gasteiger partial charge in [0.05, 0.1) is 16.2 Å². The Kier molecular flexibility index (Phi) is 7.77. The molecule has 0 aromatic heterocycles. The molecule has 0 aliphatic heterocycles. The molecular formula is C28H24N2O6. The van der Waals surface area contributed by atoms with Gasteiger partial charge in [-0.2, -0.15) is 0 Å². The minimum atomic E-state index is -0.481. The highest BCUT2D eigenvalue weighted by atomic mass is 16.6. The molecule has 0 aliphatic carbocycles. The molecule has 0 amide bonds. The molecule has 0 aliphatic rings. The molecule has 0 spiro atoms. The van der Waals surface area contributed by atoms with Crippen molar-refractivity contribution >= 4 is 11.4 Å². The monoisotopic (exact) mass is 484 g/mol. The van der Waals surface area contributed by atoms with Crippen LogP contribution >= 0.6 is 0 Å². The number of non-ortho nitro benzene ring substituents is 1. The van der Waals surface area contributed by atoms with Crippen LogP contribution in [0.4, 0.5) is 5.69 Å². The summed E-state index contributed by atoms with van der Waals surface area (Å²) in [6.07, 6.45) is 0. The van der Waals surface area contributed by atoms with Crippen molar-refractivity contribution < 1.29 is 24.3 Å². The van der Waals surface area contributed by atoms with Crippen LogP contribution in [-0.2, 0) is 13.2 Å². The van der Waals surface area contributed by atoms with Crippen LogP contribution in [0.25, 0.3) is 0 Å². The van der Waals surface area contributed by atoms with Gasteiger partial charge in [0.25, 0.3) is 5.69 Å². The van der Waals surface area contributed by atoms with Gasteiger partial charge in [-0.05, 0) is 30.2 Å². The van der Waals surface area contributed by atoms with E-state index in [0.717, 1.165) is 11.1 Å². The first kappa shape index (κ1) is 24.3. The maximum Gasteiger partial charge on any atom is 0.269 e. The summed E-state index contributed by atoms with van der Waals surface area (Å²) >= 11 is 0. The van der Waals surface area contributed by atoms with Crippen LogP contribution in [-0.4, -0.2) is 15.8 Å². The molecule has 182 valence electrons. The Morgan fingerprint density at radius 3 is 1.92 bits per heavy atom. The van der Waals surface area contributed by atoms with Crippen molar-refractivity contribution in [3.05, 3.63) is 124 Å². The van der Waals surface area contributed by atoms with Crippen LogP contribution in [0.15, 0.2) is 102 Å². The molecule has 0 fully saturated rings. The van der Waals surface area contributed by atoms with E-state index in [9.17, 15) is 15.3 Å². The van der Waals surface area contributed by atoms with Gasteiger partial charge in [0.1, 0.15) is 36.2 Å². The van der Waals surface area contributed by atoms with Crippen molar-refractivity contribution in [1.29, 1.82) is 0 Å². The second kappa shape index (κ2) is 11.5. The van der Waals surface area contributed by atoms with E-state index in [4.69, 9.17) is 14.2 Å². The SMILES string of the molecule is CC(=NO)c1c(OCc2ccccc2)cc(OCc2ccccc2)cc1Oc1ccc([N+](=O)[O-])cc1. The zero-order valence-corrected chi connectivity index (χ0v) is 19.5. The molecule has 8 nitrogen and oxygen atoms in total. The molecule has 0 bridgehead atoms. The average Bonchev–Trinajstić information content (AvgIpc) is 2.91.